The fraction of sp³-hybridized carbons (Fsp3) is 0.409. The molecule has 1 amide bonds. The Morgan fingerprint density at radius 3 is 2.21 bits per heavy atom. The van der Waals surface area contributed by atoms with Crippen molar-refractivity contribution in [2.45, 2.75) is 46.5 Å². The van der Waals surface area contributed by atoms with Gasteiger partial charge < -0.3 is 14.8 Å². The van der Waals surface area contributed by atoms with Gasteiger partial charge in [-0.3, -0.25) is 4.79 Å². The number of esters is 2. The van der Waals surface area contributed by atoms with E-state index >= 15 is 0 Å². The molecule has 0 atom stereocenters. The van der Waals surface area contributed by atoms with E-state index in [1.54, 1.807) is 25.1 Å². The number of hydrogen-bond donors (Lipinski definition) is 1. The number of benzene rings is 1. The van der Waals surface area contributed by atoms with Crippen molar-refractivity contribution in [1.82, 2.24) is 0 Å². The van der Waals surface area contributed by atoms with Crippen molar-refractivity contribution in [1.29, 1.82) is 0 Å². The first-order valence-corrected chi connectivity index (χ1v) is 10.3. The molecule has 0 aliphatic heterocycles. The molecule has 6 nitrogen and oxygen atoms in total. The van der Waals surface area contributed by atoms with Crippen molar-refractivity contribution < 1.29 is 23.9 Å². The zero-order valence-corrected chi connectivity index (χ0v) is 18.3. The van der Waals surface area contributed by atoms with Crippen molar-refractivity contribution in [3.05, 3.63) is 51.9 Å². The molecule has 0 unspecified atom stereocenters. The molecule has 0 radical (unpaired) electrons. The van der Waals surface area contributed by atoms with Crippen LogP contribution >= 0.6 is 11.3 Å². The number of rotatable bonds is 7. The molecule has 0 bridgehead atoms. The van der Waals surface area contributed by atoms with Crippen molar-refractivity contribution in [2.24, 2.45) is 0 Å². The summed E-state index contributed by atoms with van der Waals surface area (Å²) in [4.78, 5) is 37.4. The van der Waals surface area contributed by atoms with Gasteiger partial charge in [0.15, 0.2) is 6.61 Å². The molecule has 1 aromatic carbocycles. The third-order valence-corrected chi connectivity index (χ3v) is 5.40. The van der Waals surface area contributed by atoms with Gasteiger partial charge in [-0.15, -0.1) is 11.3 Å². The number of amides is 1. The van der Waals surface area contributed by atoms with Gasteiger partial charge in [-0.1, -0.05) is 39.8 Å². The molecular formula is C22H27NO5S. The maximum atomic E-state index is 12.2. The van der Waals surface area contributed by atoms with Crippen LogP contribution in [0.15, 0.2) is 30.3 Å². The Balaban J connectivity index is 1.98. The smallest absolute Gasteiger partial charge is 0.341 e. The zero-order valence-electron chi connectivity index (χ0n) is 17.5. The highest BCUT2D eigenvalue weighted by molar-refractivity contribution is 7.16. The molecular weight excluding hydrogens is 390 g/mol. The number of aryl methyl sites for hydroxylation is 1. The van der Waals surface area contributed by atoms with Gasteiger partial charge in [0.05, 0.1) is 17.7 Å². The largest absolute Gasteiger partial charge is 0.462 e. The molecule has 1 heterocycles. The van der Waals surface area contributed by atoms with E-state index in [-0.39, 0.29) is 12.0 Å². The summed E-state index contributed by atoms with van der Waals surface area (Å²) in [5.74, 6) is -1.58. The maximum absolute atomic E-state index is 12.2. The number of hydrogen-bond acceptors (Lipinski definition) is 6. The minimum absolute atomic E-state index is 0.0169. The van der Waals surface area contributed by atoms with E-state index in [0.29, 0.717) is 16.1 Å². The predicted octanol–water partition coefficient (Wildman–Crippen LogP) is 4.58. The number of anilines is 1. The SMILES string of the molecule is CCOC(=O)c1cc(CC)sc1NC(=O)COC(=O)c1ccc(C(C)(C)C)cc1. The highest BCUT2D eigenvalue weighted by Crippen LogP contribution is 2.29. The second-order valence-electron chi connectivity index (χ2n) is 7.48. The Kier molecular flexibility index (Phi) is 7.56. The van der Waals surface area contributed by atoms with Crippen LogP contribution in [0.1, 0.15) is 65.8 Å². The van der Waals surface area contributed by atoms with Gasteiger partial charge in [0.25, 0.3) is 5.91 Å². The Hall–Kier alpha value is -2.67. The van der Waals surface area contributed by atoms with Crippen molar-refractivity contribution in [3.63, 3.8) is 0 Å². The van der Waals surface area contributed by atoms with Gasteiger partial charge in [0.2, 0.25) is 0 Å². The van der Waals surface area contributed by atoms with Crippen molar-refractivity contribution in [3.8, 4) is 0 Å². The molecule has 2 rings (SSSR count). The third kappa shape index (κ3) is 6.15. The van der Waals surface area contributed by atoms with Crippen LogP contribution in [0.2, 0.25) is 0 Å². The van der Waals surface area contributed by atoms with Crippen LogP contribution in [0.3, 0.4) is 0 Å². The van der Waals surface area contributed by atoms with E-state index in [1.807, 2.05) is 19.1 Å². The minimum atomic E-state index is -0.577. The minimum Gasteiger partial charge on any atom is -0.462 e. The molecule has 0 fully saturated rings. The third-order valence-electron chi connectivity index (χ3n) is 4.20. The highest BCUT2D eigenvalue weighted by Gasteiger charge is 2.20. The molecule has 29 heavy (non-hydrogen) atoms. The average molecular weight is 418 g/mol. The van der Waals surface area contributed by atoms with Gasteiger partial charge in [-0.2, -0.15) is 0 Å². The summed E-state index contributed by atoms with van der Waals surface area (Å²) in [5.41, 5.74) is 1.77. The molecule has 0 saturated heterocycles. The quantitative estimate of drug-likeness (QED) is 0.667. The van der Waals surface area contributed by atoms with E-state index in [4.69, 9.17) is 9.47 Å². The fourth-order valence-electron chi connectivity index (χ4n) is 2.55. The van der Waals surface area contributed by atoms with Crippen LogP contribution in [0.25, 0.3) is 0 Å². The molecule has 0 aliphatic carbocycles. The van der Waals surface area contributed by atoms with E-state index in [9.17, 15) is 14.4 Å². The van der Waals surface area contributed by atoms with Crippen LogP contribution < -0.4 is 5.32 Å². The molecule has 156 valence electrons. The molecule has 0 spiro atoms. The number of nitrogens with one attached hydrogen (secondary N) is 1. The Labute approximate surface area is 175 Å². The molecule has 1 N–H and O–H groups in total. The lowest BCUT2D eigenvalue weighted by molar-refractivity contribution is -0.119. The Bertz CT molecular complexity index is 878. The number of ether oxygens (including phenoxy) is 2. The number of carbonyl (C=O) groups excluding carboxylic acids is 3. The normalized spacial score (nSPS) is 11.1. The Morgan fingerprint density at radius 1 is 1.00 bits per heavy atom. The summed E-state index contributed by atoms with van der Waals surface area (Å²) in [7, 11) is 0. The summed E-state index contributed by atoms with van der Waals surface area (Å²) in [5, 5.41) is 3.04. The van der Waals surface area contributed by atoms with Crippen molar-refractivity contribution >= 4 is 34.2 Å². The molecule has 0 aliphatic rings. The maximum Gasteiger partial charge on any atom is 0.341 e. The molecule has 2 aromatic rings. The van der Waals surface area contributed by atoms with Crippen LogP contribution in [0, 0.1) is 0 Å². The summed E-state index contributed by atoms with van der Waals surface area (Å²) >= 11 is 1.30. The fourth-order valence-corrected chi connectivity index (χ4v) is 3.55. The van der Waals surface area contributed by atoms with Gasteiger partial charge in [-0.05, 0) is 42.5 Å². The highest BCUT2D eigenvalue weighted by atomic mass is 32.1. The lowest BCUT2D eigenvalue weighted by Crippen LogP contribution is -2.21. The van der Waals surface area contributed by atoms with Crippen molar-refractivity contribution in [2.75, 3.05) is 18.5 Å². The average Bonchev–Trinajstić information content (AvgIpc) is 3.08. The summed E-state index contributed by atoms with van der Waals surface area (Å²) in [6.07, 6.45) is 0.729. The zero-order chi connectivity index (χ0) is 21.6. The van der Waals surface area contributed by atoms with Gasteiger partial charge in [0.1, 0.15) is 5.00 Å². The summed E-state index contributed by atoms with van der Waals surface area (Å²) < 4.78 is 10.1. The number of carbonyl (C=O) groups is 3. The lowest BCUT2D eigenvalue weighted by Gasteiger charge is -2.18. The Morgan fingerprint density at radius 2 is 1.66 bits per heavy atom. The van der Waals surface area contributed by atoms with Gasteiger partial charge in [-0.25, -0.2) is 9.59 Å². The van der Waals surface area contributed by atoms with Crippen LogP contribution in [0.4, 0.5) is 5.00 Å². The first-order valence-electron chi connectivity index (χ1n) is 9.53. The van der Waals surface area contributed by atoms with Gasteiger partial charge in [0, 0.05) is 4.88 Å². The first kappa shape index (κ1) is 22.6. The van der Waals surface area contributed by atoms with E-state index in [0.717, 1.165) is 16.9 Å². The first-order chi connectivity index (χ1) is 13.7. The standard InChI is InChI=1S/C22H27NO5S/c1-6-16-12-17(21(26)27-7-2)19(29-16)23-18(24)13-28-20(25)14-8-10-15(11-9-14)22(3,4)5/h8-12H,6-7,13H2,1-5H3,(H,23,24). The second kappa shape index (κ2) is 9.69. The topological polar surface area (TPSA) is 81.7 Å². The van der Waals surface area contributed by atoms with Crippen LogP contribution in [0.5, 0.6) is 0 Å². The molecule has 0 saturated carbocycles. The van der Waals surface area contributed by atoms with Gasteiger partial charge >= 0.3 is 11.9 Å². The van der Waals surface area contributed by atoms with Crippen LogP contribution in [-0.2, 0) is 26.1 Å². The molecule has 7 heteroatoms. The summed E-state index contributed by atoms with van der Waals surface area (Å²) in [6.45, 7) is 9.74. The summed E-state index contributed by atoms with van der Waals surface area (Å²) in [6, 6.07) is 8.83. The predicted molar refractivity (Wildman–Crippen MR) is 114 cm³/mol. The van der Waals surface area contributed by atoms with E-state index < -0.39 is 24.5 Å². The molecule has 1 aromatic heterocycles. The van der Waals surface area contributed by atoms with E-state index in [1.165, 1.54) is 11.3 Å². The van der Waals surface area contributed by atoms with E-state index in [2.05, 4.69) is 26.1 Å². The number of thiophene rings is 1. The lowest BCUT2D eigenvalue weighted by atomic mass is 9.87. The second-order valence-corrected chi connectivity index (χ2v) is 8.62. The monoisotopic (exact) mass is 417 g/mol. The van der Waals surface area contributed by atoms with Crippen LogP contribution in [-0.4, -0.2) is 31.1 Å².